The summed E-state index contributed by atoms with van der Waals surface area (Å²) in [6.45, 7) is 6.85. The summed E-state index contributed by atoms with van der Waals surface area (Å²) in [4.78, 5) is 0. The summed E-state index contributed by atoms with van der Waals surface area (Å²) in [5.41, 5.74) is 0. The van der Waals surface area contributed by atoms with E-state index in [9.17, 15) is 0 Å². The molecule has 0 aromatic heterocycles. The summed E-state index contributed by atoms with van der Waals surface area (Å²) < 4.78 is 0.681. The molecule has 0 rings (SSSR count). The van der Waals surface area contributed by atoms with Gasteiger partial charge in [-0.2, -0.15) is 0 Å². The minimum atomic E-state index is 0.681. The van der Waals surface area contributed by atoms with Crippen molar-refractivity contribution in [2.75, 3.05) is 0 Å². The van der Waals surface area contributed by atoms with Crippen LogP contribution in [0.25, 0.3) is 0 Å². The summed E-state index contributed by atoms with van der Waals surface area (Å²) in [7, 11) is 0. The minimum absolute atomic E-state index is 0.681. The Balaban J connectivity index is 3.17. The molecule has 0 aromatic carbocycles. The maximum absolute atomic E-state index is 2.30. The van der Waals surface area contributed by atoms with Gasteiger partial charge in [0.15, 0.2) is 0 Å². The Morgan fingerprint density at radius 2 is 1.67 bits per heavy atom. The van der Waals surface area contributed by atoms with Crippen molar-refractivity contribution in [3.8, 4) is 0 Å². The Labute approximate surface area is 57.7 Å². The molecule has 32 valence electrons. The Bertz CT molecular complexity index is 33.7. The van der Waals surface area contributed by atoms with E-state index < -0.39 is 0 Å². The standard InChI is InChI=1S/C5H11.Na/c1-4-5(2)3;/h4H2,1-3H3;. The van der Waals surface area contributed by atoms with Crippen molar-refractivity contribution in [3.05, 3.63) is 0 Å². The van der Waals surface area contributed by atoms with Crippen molar-refractivity contribution < 1.29 is 0 Å². The first-order valence-electron chi connectivity index (χ1n) is 2.56. The van der Waals surface area contributed by atoms with Gasteiger partial charge in [-0.05, 0) is 0 Å². The third-order valence-electron chi connectivity index (χ3n) is 1.06. The predicted molar refractivity (Wildman–Crippen MR) is 30.1 cm³/mol. The molecule has 0 aromatic rings. The molecule has 0 unspecified atom stereocenters. The van der Waals surface area contributed by atoms with Crippen LogP contribution >= 0.6 is 0 Å². The van der Waals surface area contributed by atoms with E-state index in [0.717, 1.165) is 0 Å². The fourth-order valence-electron chi connectivity index (χ4n) is 0. The van der Waals surface area contributed by atoms with Crippen LogP contribution in [-0.2, 0) is 0 Å². The van der Waals surface area contributed by atoms with Crippen LogP contribution in [0.5, 0.6) is 0 Å². The third kappa shape index (κ3) is 5.00. The van der Waals surface area contributed by atoms with Crippen molar-refractivity contribution >= 4 is 27.9 Å². The first kappa shape index (κ1) is 7.00. The van der Waals surface area contributed by atoms with Gasteiger partial charge >= 0.3 is 57.8 Å². The molecule has 0 aliphatic rings. The second kappa shape index (κ2) is 2.34. The molecule has 0 bridgehead atoms. The van der Waals surface area contributed by atoms with Crippen LogP contribution in [0, 0.1) is 0 Å². The van der Waals surface area contributed by atoms with Crippen molar-refractivity contribution in [1.82, 2.24) is 0 Å². The summed E-state index contributed by atoms with van der Waals surface area (Å²) in [5.74, 6) is 0. The molecule has 0 aliphatic heterocycles. The molecule has 0 saturated carbocycles. The van der Waals surface area contributed by atoms with Crippen LogP contribution in [0.2, 0.25) is 2.66 Å². The van der Waals surface area contributed by atoms with Crippen molar-refractivity contribution in [2.45, 2.75) is 29.9 Å². The molecule has 0 aliphatic carbocycles. The Morgan fingerprint density at radius 1 is 1.50 bits per heavy atom. The molecular weight excluding hydrogens is 83.0 g/mol. The van der Waals surface area contributed by atoms with Crippen LogP contribution < -0.4 is 0 Å². The third-order valence-corrected chi connectivity index (χ3v) is 1.77. The zero-order chi connectivity index (χ0) is 5.21. The fraction of sp³-hybridized carbons (Fsp3) is 1.00. The van der Waals surface area contributed by atoms with Gasteiger partial charge in [0.2, 0.25) is 0 Å². The molecule has 6 heavy (non-hydrogen) atoms. The molecule has 0 spiro atoms. The molecule has 0 amide bonds. The van der Waals surface area contributed by atoms with Gasteiger partial charge in [-0.15, -0.1) is 0 Å². The first-order valence-corrected chi connectivity index (χ1v) is 3.56. The first-order chi connectivity index (χ1) is 2.56. The van der Waals surface area contributed by atoms with Gasteiger partial charge in [0.05, 0.1) is 0 Å². The SMILES string of the molecule is CC[C](C)(C)[Na]. The summed E-state index contributed by atoms with van der Waals surface area (Å²) in [6, 6.07) is 0. The van der Waals surface area contributed by atoms with E-state index in [2.05, 4.69) is 20.8 Å². The molecule has 0 atom stereocenters. The molecule has 1 heteroatoms. The van der Waals surface area contributed by atoms with Gasteiger partial charge in [0.25, 0.3) is 0 Å². The monoisotopic (exact) mass is 94.1 g/mol. The van der Waals surface area contributed by atoms with Crippen LogP contribution in [-0.4, -0.2) is 27.9 Å². The van der Waals surface area contributed by atoms with E-state index in [1.165, 1.54) is 34.4 Å². The predicted octanol–water partition coefficient (Wildman–Crippen LogP) is 1.76. The van der Waals surface area contributed by atoms with Crippen molar-refractivity contribution in [1.29, 1.82) is 0 Å². The quantitative estimate of drug-likeness (QED) is 0.434. The van der Waals surface area contributed by atoms with E-state index in [1.807, 2.05) is 0 Å². The van der Waals surface area contributed by atoms with E-state index in [0.29, 0.717) is 2.66 Å². The molecule has 0 N–H and O–H groups in total. The fourth-order valence-corrected chi connectivity index (χ4v) is 0. The number of rotatable bonds is 1. The summed E-state index contributed by atoms with van der Waals surface area (Å²) in [5, 5.41) is 0. The Hall–Kier alpha value is 1.00. The average Bonchev–Trinajstić information content (AvgIpc) is 1.35. The van der Waals surface area contributed by atoms with Crippen LogP contribution in [0.15, 0.2) is 0 Å². The second-order valence-electron chi connectivity index (χ2n) is 2.91. The molecule has 0 fully saturated rings. The second-order valence-corrected chi connectivity index (χ2v) is 5.62. The van der Waals surface area contributed by atoms with Crippen molar-refractivity contribution in [3.63, 3.8) is 0 Å². The summed E-state index contributed by atoms with van der Waals surface area (Å²) >= 11 is 1.33. The molecule has 0 nitrogen and oxygen atoms in total. The average molecular weight is 94.1 g/mol. The van der Waals surface area contributed by atoms with Gasteiger partial charge in [0, 0.05) is 0 Å². The van der Waals surface area contributed by atoms with Crippen molar-refractivity contribution in [2.24, 2.45) is 0 Å². The number of hydrogen-bond donors (Lipinski definition) is 0. The van der Waals surface area contributed by atoms with Gasteiger partial charge in [-0.1, -0.05) is 0 Å². The van der Waals surface area contributed by atoms with Gasteiger partial charge in [-0.3, -0.25) is 0 Å². The topological polar surface area (TPSA) is 0 Å². The van der Waals surface area contributed by atoms with E-state index in [1.54, 1.807) is 0 Å². The van der Waals surface area contributed by atoms with Crippen LogP contribution in [0.3, 0.4) is 0 Å². The zero-order valence-corrected chi connectivity index (χ0v) is 7.21. The molecule has 0 heterocycles. The number of hydrogen-bond acceptors (Lipinski definition) is 0. The maximum atomic E-state index is 2.30. The molecule has 0 radical (unpaired) electrons. The van der Waals surface area contributed by atoms with Gasteiger partial charge in [-0.25, -0.2) is 0 Å². The zero-order valence-electron chi connectivity index (χ0n) is 5.21. The van der Waals surface area contributed by atoms with Gasteiger partial charge in [0.1, 0.15) is 0 Å². The van der Waals surface area contributed by atoms with Crippen LogP contribution in [0.4, 0.5) is 0 Å². The van der Waals surface area contributed by atoms with E-state index in [-0.39, 0.29) is 0 Å². The molecule has 0 saturated heterocycles. The van der Waals surface area contributed by atoms with E-state index >= 15 is 0 Å². The normalized spacial score (nSPS) is 12.2. The summed E-state index contributed by atoms with van der Waals surface area (Å²) in [6.07, 6.45) is 1.33. The Morgan fingerprint density at radius 3 is 1.67 bits per heavy atom. The van der Waals surface area contributed by atoms with E-state index in [4.69, 9.17) is 0 Å². The molecular formula is C5H11Na. The van der Waals surface area contributed by atoms with Gasteiger partial charge < -0.3 is 0 Å². The Kier molecular flexibility index (Phi) is 2.73. The van der Waals surface area contributed by atoms with Crippen LogP contribution in [0.1, 0.15) is 27.2 Å².